The smallest absolute Gasteiger partial charge is 0.410 e. The highest BCUT2D eigenvalue weighted by Gasteiger charge is 2.26. The Labute approximate surface area is 249 Å². The van der Waals surface area contributed by atoms with Crippen LogP contribution in [0, 0.1) is 5.82 Å². The van der Waals surface area contributed by atoms with Gasteiger partial charge < -0.3 is 38.9 Å². The number of allylic oxidation sites excluding steroid dienone is 1. The van der Waals surface area contributed by atoms with Crippen molar-refractivity contribution in [2.75, 3.05) is 59.9 Å². The van der Waals surface area contributed by atoms with Crippen LogP contribution in [0.25, 0.3) is 10.9 Å². The lowest BCUT2D eigenvalue weighted by Gasteiger charge is -2.25. The molecule has 3 amide bonds. The van der Waals surface area contributed by atoms with Crippen molar-refractivity contribution in [2.24, 2.45) is 0 Å². The fraction of sp³-hybridized carbons (Fsp3) is 0.400. The highest BCUT2D eigenvalue weighted by molar-refractivity contribution is 5.95. The molecule has 1 unspecified atom stereocenters. The largest absolute Gasteiger partial charge is 0.436 e. The zero-order valence-corrected chi connectivity index (χ0v) is 24.8. The monoisotopic (exact) mass is 599 g/mol. The number of amides is 3. The van der Waals surface area contributed by atoms with Gasteiger partial charge in [-0.2, -0.15) is 0 Å². The van der Waals surface area contributed by atoms with Gasteiger partial charge in [0.2, 0.25) is 5.91 Å². The van der Waals surface area contributed by atoms with Crippen molar-refractivity contribution in [1.29, 1.82) is 0 Å². The van der Waals surface area contributed by atoms with Crippen LogP contribution >= 0.6 is 0 Å². The number of anilines is 1. The van der Waals surface area contributed by atoms with Gasteiger partial charge in [-0.1, -0.05) is 6.08 Å². The average molecular weight is 600 g/mol. The maximum absolute atomic E-state index is 13.6. The molecule has 0 spiro atoms. The van der Waals surface area contributed by atoms with Crippen molar-refractivity contribution in [3.63, 3.8) is 0 Å². The van der Waals surface area contributed by atoms with Crippen molar-refractivity contribution in [2.45, 2.75) is 25.5 Å². The minimum atomic E-state index is -1.27. The third kappa shape index (κ3) is 9.79. The molecule has 232 valence electrons. The van der Waals surface area contributed by atoms with Crippen LogP contribution in [0.5, 0.6) is 0 Å². The zero-order chi connectivity index (χ0) is 31.4. The number of rotatable bonds is 15. The Hall–Kier alpha value is -4.49. The van der Waals surface area contributed by atoms with Crippen LogP contribution in [-0.2, 0) is 30.3 Å². The fourth-order valence-corrected chi connectivity index (χ4v) is 4.12. The van der Waals surface area contributed by atoms with Gasteiger partial charge in [-0.05, 0) is 55.3 Å². The summed E-state index contributed by atoms with van der Waals surface area (Å²) in [5.74, 6) is -1.29. The number of aromatic nitrogens is 2. The number of nitrogens with one attached hydrogen (secondary N) is 2. The molecule has 1 atom stereocenters. The second-order valence-corrected chi connectivity index (χ2v) is 9.93. The van der Waals surface area contributed by atoms with Gasteiger partial charge in [0.15, 0.2) is 6.10 Å². The van der Waals surface area contributed by atoms with Crippen LogP contribution in [0.4, 0.5) is 14.9 Å². The van der Waals surface area contributed by atoms with Gasteiger partial charge >= 0.3 is 6.09 Å². The molecule has 13 heteroatoms. The van der Waals surface area contributed by atoms with E-state index in [1.165, 1.54) is 52.9 Å². The average Bonchev–Trinajstić information content (AvgIpc) is 3.37. The minimum absolute atomic E-state index is 0.00958. The first kappa shape index (κ1) is 33.0. The number of likely N-dealkylation sites (N-methyl/N-ethyl adjacent to an activating group) is 1. The third-order valence-electron chi connectivity index (χ3n) is 6.48. The van der Waals surface area contributed by atoms with Crippen molar-refractivity contribution in [1.82, 2.24) is 19.4 Å². The molecule has 1 aromatic carbocycles. The number of carbonyl (C=O) groups excluding carboxylic acids is 3. The molecule has 0 aliphatic rings. The molecule has 2 aromatic heterocycles. The first-order chi connectivity index (χ1) is 20.6. The number of H-pyrrole nitrogens is 1. The van der Waals surface area contributed by atoms with Gasteiger partial charge in [0.1, 0.15) is 11.5 Å². The molecule has 43 heavy (non-hydrogen) atoms. The second kappa shape index (κ2) is 16.2. The molecule has 0 aliphatic heterocycles. The molecule has 3 aromatic rings. The Bertz CT molecular complexity index is 1480. The van der Waals surface area contributed by atoms with Crippen molar-refractivity contribution in [3.8, 4) is 0 Å². The molecular formula is C30H38FN5O7. The summed E-state index contributed by atoms with van der Waals surface area (Å²) >= 11 is 0. The third-order valence-corrected chi connectivity index (χ3v) is 6.48. The van der Waals surface area contributed by atoms with Gasteiger partial charge in [-0.25, -0.2) is 9.18 Å². The molecule has 0 aliphatic carbocycles. The molecule has 12 nitrogen and oxygen atoms in total. The van der Waals surface area contributed by atoms with E-state index in [1.807, 2.05) is 0 Å². The standard InChI is InChI=1S/C30H38FN5O7/c1-34(2)27(37)10-6-5-9-26(43-30(40)35(14-16-41-3)15-17-42-4)28(38)33-25-8-7-13-36(29(25)39)20-23-19-21-18-22(31)11-12-24(21)32-23/h6-8,10-13,18-19,26,32H,5,9,14-17,20H2,1-4H3,(H,33,38). The number of halogens is 1. The summed E-state index contributed by atoms with van der Waals surface area (Å²) in [5, 5.41) is 3.26. The predicted molar refractivity (Wildman–Crippen MR) is 159 cm³/mol. The molecule has 0 saturated carbocycles. The number of carbonyl (C=O) groups is 3. The molecular weight excluding hydrogens is 561 g/mol. The van der Waals surface area contributed by atoms with E-state index in [1.54, 1.807) is 44.6 Å². The van der Waals surface area contributed by atoms with E-state index in [9.17, 15) is 23.6 Å². The number of benzene rings is 1. The number of ether oxygens (including phenoxy) is 3. The van der Waals surface area contributed by atoms with Crippen molar-refractivity contribution in [3.05, 3.63) is 76.6 Å². The lowest BCUT2D eigenvalue weighted by Crippen LogP contribution is -2.42. The van der Waals surface area contributed by atoms with Crippen LogP contribution in [0.2, 0.25) is 0 Å². The summed E-state index contributed by atoms with van der Waals surface area (Å²) in [6.45, 7) is 1.08. The maximum Gasteiger partial charge on any atom is 0.410 e. The number of methoxy groups -OCH3 is 2. The number of hydrogen-bond donors (Lipinski definition) is 2. The number of pyridine rings is 1. The molecule has 0 saturated heterocycles. The molecule has 2 N–H and O–H groups in total. The molecule has 3 rings (SSSR count). The van der Waals surface area contributed by atoms with Crippen LogP contribution in [0.15, 0.2) is 59.5 Å². The minimum Gasteiger partial charge on any atom is -0.436 e. The Kier molecular flexibility index (Phi) is 12.5. The summed E-state index contributed by atoms with van der Waals surface area (Å²) in [5.41, 5.74) is 0.905. The first-order valence-electron chi connectivity index (χ1n) is 13.7. The lowest BCUT2D eigenvalue weighted by atomic mass is 10.1. The van der Waals surface area contributed by atoms with Crippen molar-refractivity contribution < 1.29 is 33.0 Å². The summed E-state index contributed by atoms with van der Waals surface area (Å²) in [6.07, 6.45) is 2.82. The van der Waals surface area contributed by atoms with E-state index in [2.05, 4.69) is 10.3 Å². The molecule has 0 bridgehead atoms. The van der Waals surface area contributed by atoms with Crippen LogP contribution in [0.1, 0.15) is 18.5 Å². The van der Waals surface area contributed by atoms with Gasteiger partial charge in [0.25, 0.3) is 11.5 Å². The molecule has 2 heterocycles. The Balaban J connectivity index is 1.78. The van der Waals surface area contributed by atoms with Gasteiger partial charge in [0, 0.05) is 64.2 Å². The summed E-state index contributed by atoms with van der Waals surface area (Å²) in [6, 6.07) is 9.17. The summed E-state index contributed by atoms with van der Waals surface area (Å²) in [4.78, 5) is 57.4. The normalized spacial score (nSPS) is 11.9. The maximum atomic E-state index is 13.6. The van der Waals surface area contributed by atoms with Gasteiger partial charge in [-0.3, -0.25) is 14.4 Å². The SMILES string of the molecule is COCCN(CCOC)C(=O)OC(CCC=CC(=O)N(C)C)C(=O)Nc1cccn(Cc2cc3cc(F)ccc3[nH]2)c1=O. The van der Waals surface area contributed by atoms with Crippen LogP contribution in [-0.4, -0.2) is 98.0 Å². The number of fused-ring (bicyclic) bond motifs is 1. The Morgan fingerprint density at radius 3 is 2.49 bits per heavy atom. The van der Waals surface area contributed by atoms with Gasteiger partial charge in [0.05, 0.1) is 19.8 Å². The zero-order valence-electron chi connectivity index (χ0n) is 24.8. The van der Waals surface area contributed by atoms with E-state index >= 15 is 0 Å². The first-order valence-corrected chi connectivity index (χ1v) is 13.7. The van der Waals surface area contributed by atoms with E-state index in [4.69, 9.17) is 14.2 Å². The second-order valence-electron chi connectivity index (χ2n) is 9.93. The number of hydrogen-bond acceptors (Lipinski definition) is 7. The van der Waals surface area contributed by atoms with E-state index in [0.29, 0.717) is 11.1 Å². The Morgan fingerprint density at radius 2 is 1.81 bits per heavy atom. The summed E-state index contributed by atoms with van der Waals surface area (Å²) < 4.78 is 30.7. The number of aromatic amines is 1. The van der Waals surface area contributed by atoms with E-state index in [0.717, 1.165) is 5.52 Å². The predicted octanol–water partition coefficient (Wildman–Crippen LogP) is 2.98. The number of nitrogens with zero attached hydrogens (tertiary/aromatic N) is 3. The topological polar surface area (TPSA) is 135 Å². The molecule has 0 radical (unpaired) electrons. The quantitative estimate of drug-likeness (QED) is 0.257. The summed E-state index contributed by atoms with van der Waals surface area (Å²) in [7, 11) is 6.23. The van der Waals surface area contributed by atoms with Crippen molar-refractivity contribution >= 4 is 34.5 Å². The van der Waals surface area contributed by atoms with Crippen LogP contribution in [0.3, 0.4) is 0 Å². The molecule has 0 fully saturated rings. The van der Waals surface area contributed by atoms with Crippen LogP contribution < -0.4 is 10.9 Å². The highest BCUT2D eigenvalue weighted by atomic mass is 19.1. The fourth-order valence-electron chi connectivity index (χ4n) is 4.12. The Morgan fingerprint density at radius 1 is 1.09 bits per heavy atom. The van der Waals surface area contributed by atoms with E-state index in [-0.39, 0.29) is 63.1 Å². The van der Waals surface area contributed by atoms with E-state index < -0.39 is 23.7 Å². The van der Waals surface area contributed by atoms with Gasteiger partial charge in [-0.15, -0.1) is 0 Å². The lowest BCUT2D eigenvalue weighted by molar-refractivity contribution is -0.125. The highest BCUT2D eigenvalue weighted by Crippen LogP contribution is 2.17.